The van der Waals surface area contributed by atoms with E-state index in [2.05, 4.69) is 13.2 Å². The molecule has 0 fully saturated rings. The van der Waals surface area contributed by atoms with Gasteiger partial charge >= 0.3 is 5.97 Å². The van der Waals surface area contributed by atoms with Gasteiger partial charge in [0, 0.05) is 11.1 Å². The molecule has 1 aliphatic rings. The van der Waals surface area contributed by atoms with Crippen molar-refractivity contribution in [3.63, 3.8) is 0 Å². The minimum Gasteiger partial charge on any atom is -0.468 e. The minimum atomic E-state index is -0.511. The summed E-state index contributed by atoms with van der Waals surface area (Å²) in [6.45, 7) is 7.54. The first-order chi connectivity index (χ1) is 10.7. The molecule has 110 valence electrons. The summed E-state index contributed by atoms with van der Waals surface area (Å²) in [6, 6.07) is 11.3. The summed E-state index contributed by atoms with van der Waals surface area (Å²) in [4.78, 5) is 12.4. The summed E-state index contributed by atoms with van der Waals surface area (Å²) >= 11 is 0. The molecular formula is C19H16O3. The van der Waals surface area contributed by atoms with Crippen LogP contribution in [-0.4, -0.2) is 13.1 Å². The van der Waals surface area contributed by atoms with Gasteiger partial charge in [0.05, 0.1) is 7.11 Å². The summed E-state index contributed by atoms with van der Waals surface area (Å²) in [5, 5.41) is 0. The third kappa shape index (κ3) is 2.21. The summed E-state index contributed by atoms with van der Waals surface area (Å²) in [6.07, 6.45) is 3.48. The van der Waals surface area contributed by atoms with E-state index in [1.165, 1.54) is 7.11 Å². The molecule has 0 unspecified atom stereocenters. The van der Waals surface area contributed by atoms with Crippen LogP contribution in [-0.2, 0) is 9.53 Å². The highest BCUT2D eigenvalue weighted by Gasteiger charge is 2.33. The van der Waals surface area contributed by atoms with Gasteiger partial charge in [-0.1, -0.05) is 37.4 Å². The largest absolute Gasteiger partial charge is 0.468 e. The van der Waals surface area contributed by atoms with Crippen LogP contribution in [0.3, 0.4) is 0 Å². The molecule has 3 rings (SSSR count). The Morgan fingerprint density at radius 1 is 1.05 bits per heavy atom. The number of methoxy groups -OCH3 is 1. The predicted molar refractivity (Wildman–Crippen MR) is 87.0 cm³/mol. The molecule has 1 aliphatic heterocycles. The van der Waals surface area contributed by atoms with Gasteiger partial charge in [0.25, 0.3) is 0 Å². The fourth-order valence-electron chi connectivity index (χ4n) is 2.68. The Labute approximate surface area is 129 Å². The molecule has 0 aromatic heterocycles. The molecule has 1 heterocycles. The van der Waals surface area contributed by atoms with E-state index in [0.29, 0.717) is 11.5 Å². The van der Waals surface area contributed by atoms with Crippen molar-refractivity contribution in [3.8, 4) is 11.5 Å². The van der Waals surface area contributed by atoms with Crippen LogP contribution in [0.25, 0.3) is 12.2 Å². The Bertz CT molecular complexity index is 717. The van der Waals surface area contributed by atoms with Gasteiger partial charge in [-0.3, -0.25) is 4.79 Å². The van der Waals surface area contributed by atoms with E-state index in [1.807, 2.05) is 36.4 Å². The van der Waals surface area contributed by atoms with Gasteiger partial charge in [-0.2, -0.15) is 0 Å². The van der Waals surface area contributed by atoms with Crippen molar-refractivity contribution < 1.29 is 14.3 Å². The van der Waals surface area contributed by atoms with E-state index in [0.717, 1.165) is 22.3 Å². The summed E-state index contributed by atoms with van der Waals surface area (Å²) in [7, 11) is 1.39. The Balaban J connectivity index is 2.23. The van der Waals surface area contributed by atoms with Crippen LogP contribution in [0, 0.1) is 0 Å². The zero-order valence-electron chi connectivity index (χ0n) is 12.3. The van der Waals surface area contributed by atoms with Crippen LogP contribution < -0.4 is 4.74 Å². The smallest absolute Gasteiger partial charge is 0.317 e. The van der Waals surface area contributed by atoms with E-state index < -0.39 is 5.92 Å². The van der Waals surface area contributed by atoms with Gasteiger partial charge < -0.3 is 9.47 Å². The first-order valence-electron chi connectivity index (χ1n) is 6.96. The second kappa shape index (κ2) is 5.53. The Kier molecular flexibility index (Phi) is 3.55. The number of carbonyl (C=O) groups excluding carboxylic acids is 1. The van der Waals surface area contributed by atoms with E-state index in [-0.39, 0.29) is 5.97 Å². The molecule has 22 heavy (non-hydrogen) atoms. The molecule has 0 saturated carbocycles. The second-order valence-corrected chi connectivity index (χ2v) is 5.06. The molecule has 0 saturated heterocycles. The maximum Gasteiger partial charge on any atom is 0.317 e. The first kappa shape index (κ1) is 14.1. The van der Waals surface area contributed by atoms with Gasteiger partial charge in [0.15, 0.2) is 0 Å². The molecule has 3 nitrogen and oxygen atoms in total. The molecule has 0 N–H and O–H groups in total. The lowest BCUT2D eigenvalue weighted by molar-refractivity contribution is -0.141. The van der Waals surface area contributed by atoms with Crippen LogP contribution in [0.1, 0.15) is 28.2 Å². The SMILES string of the molecule is C=Cc1ccc2c(c1)C(C(=O)OC)c1cc(C=C)ccc1O2. The number of hydrogen-bond donors (Lipinski definition) is 0. The molecule has 0 aliphatic carbocycles. The van der Waals surface area contributed by atoms with Crippen LogP contribution in [0.2, 0.25) is 0 Å². The zero-order chi connectivity index (χ0) is 15.7. The van der Waals surface area contributed by atoms with Crippen molar-refractivity contribution in [3.05, 3.63) is 71.8 Å². The van der Waals surface area contributed by atoms with E-state index in [4.69, 9.17) is 9.47 Å². The highest BCUT2D eigenvalue weighted by molar-refractivity contribution is 5.86. The van der Waals surface area contributed by atoms with Gasteiger partial charge in [-0.25, -0.2) is 0 Å². The molecule has 2 aromatic carbocycles. The van der Waals surface area contributed by atoms with E-state index in [9.17, 15) is 4.79 Å². The Morgan fingerprint density at radius 2 is 1.55 bits per heavy atom. The topological polar surface area (TPSA) is 35.5 Å². The molecule has 3 heteroatoms. The van der Waals surface area contributed by atoms with Crippen LogP contribution >= 0.6 is 0 Å². The minimum absolute atomic E-state index is 0.312. The number of esters is 1. The monoisotopic (exact) mass is 292 g/mol. The Morgan fingerprint density at radius 3 is 1.95 bits per heavy atom. The molecule has 2 aromatic rings. The van der Waals surface area contributed by atoms with Crippen LogP contribution in [0.15, 0.2) is 49.6 Å². The lowest BCUT2D eigenvalue weighted by Crippen LogP contribution is -2.20. The van der Waals surface area contributed by atoms with Gasteiger partial charge in [0.2, 0.25) is 0 Å². The fourth-order valence-corrected chi connectivity index (χ4v) is 2.68. The molecular weight excluding hydrogens is 276 g/mol. The number of carbonyl (C=O) groups is 1. The third-order valence-electron chi connectivity index (χ3n) is 3.82. The van der Waals surface area contributed by atoms with Crippen molar-refractivity contribution in [2.45, 2.75) is 5.92 Å². The molecule has 0 atom stereocenters. The van der Waals surface area contributed by atoms with Gasteiger partial charge in [-0.15, -0.1) is 0 Å². The van der Waals surface area contributed by atoms with Crippen LogP contribution in [0.5, 0.6) is 11.5 Å². The number of benzene rings is 2. The maximum absolute atomic E-state index is 12.4. The molecule has 0 bridgehead atoms. The number of rotatable bonds is 3. The molecule has 0 amide bonds. The van der Waals surface area contributed by atoms with Crippen molar-refractivity contribution >= 4 is 18.1 Å². The standard InChI is InChI=1S/C19H16O3/c1-4-12-6-8-16-14(10-12)18(19(20)21-3)15-11-13(5-2)7-9-17(15)22-16/h4-11,18H,1-2H2,3H3. The molecule has 0 radical (unpaired) electrons. The number of hydrogen-bond acceptors (Lipinski definition) is 3. The summed E-state index contributed by atoms with van der Waals surface area (Å²) in [5.41, 5.74) is 3.44. The highest BCUT2D eigenvalue weighted by atomic mass is 16.5. The van der Waals surface area contributed by atoms with E-state index in [1.54, 1.807) is 12.2 Å². The number of fused-ring (bicyclic) bond motifs is 2. The number of ether oxygens (including phenoxy) is 2. The lowest BCUT2D eigenvalue weighted by Gasteiger charge is -2.27. The van der Waals surface area contributed by atoms with Crippen LogP contribution in [0.4, 0.5) is 0 Å². The molecule has 0 spiro atoms. The van der Waals surface area contributed by atoms with Gasteiger partial charge in [0.1, 0.15) is 17.4 Å². The van der Waals surface area contributed by atoms with E-state index >= 15 is 0 Å². The third-order valence-corrected chi connectivity index (χ3v) is 3.82. The maximum atomic E-state index is 12.4. The van der Waals surface area contributed by atoms with Gasteiger partial charge in [-0.05, 0) is 35.4 Å². The lowest BCUT2D eigenvalue weighted by atomic mass is 9.86. The summed E-state index contributed by atoms with van der Waals surface area (Å²) < 4.78 is 10.9. The summed E-state index contributed by atoms with van der Waals surface area (Å²) in [5.74, 6) is 0.511. The fraction of sp³-hybridized carbons (Fsp3) is 0.105. The zero-order valence-corrected chi connectivity index (χ0v) is 12.3. The Hall–Kier alpha value is -2.81. The average molecular weight is 292 g/mol. The predicted octanol–water partition coefficient (Wildman–Crippen LogP) is 4.38. The quantitative estimate of drug-likeness (QED) is 0.787. The van der Waals surface area contributed by atoms with Crippen molar-refractivity contribution in [2.24, 2.45) is 0 Å². The van der Waals surface area contributed by atoms with Crippen molar-refractivity contribution in [1.29, 1.82) is 0 Å². The average Bonchev–Trinajstić information content (AvgIpc) is 2.57. The highest BCUT2D eigenvalue weighted by Crippen LogP contribution is 2.45. The normalized spacial score (nSPS) is 12.6. The van der Waals surface area contributed by atoms with Crippen molar-refractivity contribution in [1.82, 2.24) is 0 Å². The van der Waals surface area contributed by atoms with Crippen molar-refractivity contribution in [2.75, 3.05) is 7.11 Å². The first-order valence-corrected chi connectivity index (χ1v) is 6.96. The second-order valence-electron chi connectivity index (χ2n) is 5.06.